The molecule has 1 N–H and O–H groups in total. The molecule has 0 fully saturated rings. The van der Waals surface area contributed by atoms with Crippen LogP contribution in [0, 0.1) is 5.92 Å². The normalized spacial score (nSPS) is 22.3. The van der Waals surface area contributed by atoms with Crippen LogP contribution in [0.25, 0.3) is 0 Å². The first-order valence-electron chi connectivity index (χ1n) is 8.90. The smallest absolute Gasteiger partial charge is 0.203 e. The fourth-order valence-corrected chi connectivity index (χ4v) is 5.08. The zero-order valence-electron chi connectivity index (χ0n) is 15.7. The fourth-order valence-electron chi connectivity index (χ4n) is 4.27. The number of rotatable bonds is 4. The third-order valence-corrected chi connectivity index (χ3v) is 6.63. The second-order valence-corrected chi connectivity index (χ2v) is 8.07. The predicted octanol–water partition coefficient (Wildman–Crippen LogP) is 6.50. The van der Waals surface area contributed by atoms with E-state index in [4.69, 9.17) is 49.0 Å². The molecule has 0 unspecified atom stereocenters. The van der Waals surface area contributed by atoms with Gasteiger partial charge < -0.3 is 19.5 Å². The van der Waals surface area contributed by atoms with E-state index in [9.17, 15) is 0 Å². The molecule has 1 aliphatic heterocycles. The molecule has 4 nitrogen and oxygen atoms in total. The molecule has 0 aromatic heterocycles. The van der Waals surface area contributed by atoms with Crippen LogP contribution in [0.4, 0.5) is 5.69 Å². The maximum atomic E-state index is 6.56. The van der Waals surface area contributed by atoms with Gasteiger partial charge in [-0.25, -0.2) is 0 Å². The molecule has 0 radical (unpaired) electrons. The van der Waals surface area contributed by atoms with Crippen molar-refractivity contribution in [3.8, 4) is 17.2 Å². The Labute approximate surface area is 179 Å². The molecule has 148 valence electrons. The van der Waals surface area contributed by atoms with E-state index in [1.165, 1.54) is 0 Å². The lowest BCUT2D eigenvalue weighted by Gasteiger charge is -2.38. The third kappa shape index (κ3) is 2.99. The molecule has 0 bridgehead atoms. The number of benzene rings is 2. The van der Waals surface area contributed by atoms with Gasteiger partial charge in [-0.2, -0.15) is 0 Å². The lowest BCUT2D eigenvalue weighted by Crippen LogP contribution is -2.29. The van der Waals surface area contributed by atoms with E-state index in [-0.39, 0.29) is 17.9 Å². The standard InChI is InChI=1S/C21H20Cl3NO3/c1-26-15-7-10(8-16(27-2)21(15)28-3)19-12-6-4-5-11(12)17-18(24)13(22)9-14(23)20(17)25-19/h4-5,7-9,11-12,19,25H,6H2,1-3H3/t11-,12-,19-/m1/s1. The first-order chi connectivity index (χ1) is 13.5. The van der Waals surface area contributed by atoms with Crippen LogP contribution in [0.15, 0.2) is 30.4 Å². The van der Waals surface area contributed by atoms with Crippen molar-refractivity contribution in [1.29, 1.82) is 0 Å². The number of allylic oxidation sites excluding steroid dienone is 2. The van der Waals surface area contributed by atoms with Crippen LogP contribution in [0.5, 0.6) is 17.2 Å². The summed E-state index contributed by atoms with van der Waals surface area (Å²) in [5.74, 6) is 2.20. The summed E-state index contributed by atoms with van der Waals surface area (Å²) in [4.78, 5) is 0. The number of anilines is 1. The Kier molecular flexibility index (Phi) is 5.30. The molecule has 1 aliphatic carbocycles. The molecular weight excluding hydrogens is 421 g/mol. The number of methoxy groups -OCH3 is 3. The Bertz CT molecular complexity index is 935. The molecule has 0 saturated carbocycles. The lowest BCUT2D eigenvalue weighted by molar-refractivity contribution is 0.322. The van der Waals surface area contributed by atoms with Crippen LogP contribution in [0.1, 0.15) is 29.5 Å². The van der Waals surface area contributed by atoms with Crippen molar-refractivity contribution in [3.63, 3.8) is 0 Å². The summed E-state index contributed by atoms with van der Waals surface area (Å²) in [6, 6.07) is 5.63. The molecule has 0 spiro atoms. The van der Waals surface area contributed by atoms with Crippen molar-refractivity contribution >= 4 is 40.5 Å². The maximum Gasteiger partial charge on any atom is 0.203 e. The van der Waals surface area contributed by atoms with E-state index >= 15 is 0 Å². The van der Waals surface area contributed by atoms with Gasteiger partial charge in [-0.1, -0.05) is 47.0 Å². The zero-order chi connectivity index (χ0) is 20.0. The van der Waals surface area contributed by atoms with Gasteiger partial charge in [0.25, 0.3) is 0 Å². The largest absolute Gasteiger partial charge is 0.493 e. The SMILES string of the molecule is COc1cc([C@H]2Nc3c(Cl)cc(Cl)c(Cl)c3[C@@H]3C=CC[C@@H]23)cc(OC)c1OC. The number of hydrogen-bond acceptors (Lipinski definition) is 4. The summed E-state index contributed by atoms with van der Waals surface area (Å²) >= 11 is 19.4. The number of nitrogens with one attached hydrogen (secondary N) is 1. The highest BCUT2D eigenvalue weighted by Crippen LogP contribution is 2.56. The van der Waals surface area contributed by atoms with E-state index in [1.807, 2.05) is 12.1 Å². The predicted molar refractivity (Wildman–Crippen MR) is 114 cm³/mol. The highest BCUT2D eigenvalue weighted by atomic mass is 35.5. The molecule has 28 heavy (non-hydrogen) atoms. The van der Waals surface area contributed by atoms with Gasteiger partial charge in [0.1, 0.15) is 0 Å². The summed E-state index contributed by atoms with van der Waals surface area (Å²) in [6.45, 7) is 0. The molecule has 1 heterocycles. The molecule has 0 amide bonds. The van der Waals surface area contributed by atoms with Gasteiger partial charge in [0.15, 0.2) is 11.5 Å². The molecule has 0 saturated heterocycles. The molecule has 2 aromatic carbocycles. The molecular formula is C21H20Cl3NO3. The van der Waals surface area contributed by atoms with Gasteiger partial charge in [-0.3, -0.25) is 0 Å². The summed E-state index contributed by atoms with van der Waals surface area (Å²) in [5.41, 5.74) is 2.81. The summed E-state index contributed by atoms with van der Waals surface area (Å²) < 4.78 is 16.5. The van der Waals surface area contributed by atoms with Crippen molar-refractivity contribution in [1.82, 2.24) is 0 Å². The van der Waals surface area contributed by atoms with Gasteiger partial charge in [0, 0.05) is 11.5 Å². The minimum atomic E-state index is -0.00375. The first-order valence-corrected chi connectivity index (χ1v) is 10.0. The van der Waals surface area contributed by atoms with Crippen molar-refractivity contribution in [3.05, 3.63) is 56.5 Å². The van der Waals surface area contributed by atoms with Gasteiger partial charge >= 0.3 is 0 Å². The topological polar surface area (TPSA) is 39.7 Å². The highest BCUT2D eigenvalue weighted by molar-refractivity contribution is 6.44. The first kappa shape index (κ1) is 19.6. The van der Waals surface area contributed by atoms with Crippen LogP contribution in [0.2, 0.25) is 15.1 Å². The van der Waals surface area contributed by atoms with E-state index in [0.29, 0.717) is 32.3 Å². The van der Waals surface area contributed by atoms with E-state index in [2.05, 4.69) is 17.5 Å². The number of ether oxygens (including phenoxy) is 3. The molecule has 4 rings (SSSR count). The van der Waals surface area contributed by atoms with E-state index in [1.54, 1.807) is 27.4 Å². The highest BCUT2D eigenvalue weighted by Gasteiger charge is 2.41. The zero-order valence-corrected chi connectivity index (χ0v) is 18.0. The number of fused-ring (bicyclic) bond motifs is 3. The van der Waals surface area contributed by atoms with Crippen molar-refractivity contribution in [2.45, 2.75) is 18.4 Å². The quantitative estimate of drug-likeness (QED) is 0.435. The monoisotopic (exact) mass is 439 g/mol. The third-order valence-electron chi connectivity index (χ3n) is 5.53. The average molecular weight is 441 g/mol. The van der Waals surface area contributed by atoms with Crippen molar-refractivity contribution in [2.24, 2.45) is 5.92 Å². The van der Waals surface area contributed by atoms with Crippen LogP contribution in [-0.4, -0.2) is 21.3 Å². The Balaban J connectivity index is 1.86. The van der Waals surface area contributed by atoms with Gasteiger partial charge in [0.2, 0.25) is 5.75 Å². The summed E-state index contributed by atoms with van der Waals surface area (Å²) in [5, 5.41) is 5.17. The average Bonchev–Trinajstić information content (AvgIpc) is 3.19. The van der Waals surface area contributed by atoms with Gasteiger partial charge in [0.05, 0.1) is 48.1 Å². The minimum absolute atomic E-state index is 0.00375. The second-order valence-electron chi connectivity index (χ2n) is 6.88. The molecule has 7 heteroatoms. The number of halogens is 3. The van der Waals surface area contributed by atoms with Crippen molar-refractivity contribution < 1.29 is 14.2 Å². The second kappa shape index (κ2) is 7.58. The van der Waals surface area contributed by atoms with Crippen LogP contribution in [-0.2, 0) is 0 Å². The van der Waals surface area contributed by atoms with Gasteiger partial charge in [-0.05, 0) is 36.1 Å². The molecule has 2 aromatic rings. The summed E-state index contributed by atoms with van der Waals surface area (Å²) in [6.07, 6.45) is 5.29. The van der Waals surface area contributed by atoms with Crippen molar-refractivity contribution in [2.75, 3.05) is 26.6 Å². The van der Waals surface area contributed by atoms with Gasteiger partial charge in [-0.15, -0.1) is 0 Å². The Morgan fingerprint density at radius 3 is 2.21 bits per heavy atom. The Morgan fingerprint density at radius 2 is 1.61 bits per heavy atom. The van der Waals surface area contributed by atoms with Crippen LogP contribution >= 0.6 is 34.8 Å². The fraction of sp³-hybridized carbons (Fsp3) is 0.333. The minimum Gasteiger partial charge on any atom is -0.493 e. The van der Waals surface area contributed by atoms with Crippen LogP contribution < -0.4 is 19.5 Å². The number of hydrogen-bond donors (Lipinski definition) is 1. The molecule has 2 aliphatic rings. The summed E-state index contributed by atoms with van der Waals surface area (Å²) in [7, 11) is 4.82. The van der Waals surface area contributed by atoms with E-state index < -0.39 is 0 Å². The lowest BCUT2D eigenvalue weighted by atomic mass is 9.77. The Hall–Kier alpha value is -1.75. The van der Waals surface area contributed by atoms with E-state index in [0.717, 1.165) is 23.2 Å². The maximum absolute atomic E-state index is 6.56. The van der Waals surface area contributed by atoms with Crippen LogP contribution in [0.3, 0.4) is 0 Å². The Morgan fingerprint density at radius 1 is 0.929 bits per heavy atom. The molecule has 3 atom stereocenters.